The van der Waals surface area contributed by atoms with Crippen LogP contribution in [0.5, 0.6) is 5.75 Å². The zero-order valence-corrected chi connectivity index (χ0v) is 9.07. The number of H-pyrrole nitrogens is 1. The van der Waals surface area contributed by atoms with Gasteiger partial charge in [-0.2, -0.15) is 0 Å². The van der Waals surface area contributed by atoms with Gasteiger partial charge in [-0.3, -0.25) is 4.79 Å². The third-order valence-electron chi connectivity index (χ3n) is 2.30. The highest BCUT2D eigenvalue weighted by Gasteiger charge is 1.99. The monoisotopic (exact) mass is 215 g/mol. The lowest BCUT2D eigenvalue weighted by molar-refractivity contribution is 0.301. The number of pyridine rings is 1. The largest absolute Gasteiger partial charge is 0.483 e. The predicted molar refractivity (Wildman–Crippen MR) is 62.6 cm³/mol. The molecule has 0 fully saturated rings. The van der Waals surface area contributed by atoms with Crippen molar-refractivity contribution >= 4 is 0 Å². The first-order chi connectivity index (χ1) is 7.75. The smallest absolute Gasteiger partial charge is 0.290 e. The maximum Gasteiger partial charge on any atom is 0.290 e. The summed E-state index contributed by atoms with van der Waals surface area (Å²) < 4.78 is 5.42. The van der Waals surface area contributed by atoms with Gasteiger partial charge in [0.1, 0.15) is 6.61 Å². The number of aryl methyl sites for hydroxylation is 1. The Bertz CT molecular complexity index is 514. The highest BCUT2D eigenvalue weighted by molar-refractivity contribution is 5.22. The van der Waals surface area contributed by atoms with Crippen molar-refractivity contribution in [1.29, 1.82) is 0 Å². The van der Waals surface area contributed by atoms with Gasteiger partial charge in [-0.25, -0.2) is 0 Å². The van der Waals surface area contributed by atoms with Gasteiger partial charge in [0, 0.05) is 6.20 Å². The molecule has 0 saturated carbocycles. The fourth-order valence-electron chi connectivity index (χ4n) is 1.37. The molecular weight excluding hydrogens is 202 g/mol. The van der Waals surface area contributed by atoms with E-state index in [1.165, 1.54) is 5.56 Å². The van der Waals surface area contributed by atoms with Crippen molar-refractivity contribution in [2.45, 2.75) is 13.5 Å². The second-order valence-electron chi connectivity index (χ2n) is 3.64. The first kappa shape index (κ1) is 10.5. The molecule has 16 heavy (non-hydrogen) atoms. The first-order valence-corrected chi connectivity index (χ1v) is 5.12. The van der Waals surface area contributed by atoms with Crippen LogP contribution in [0.2, 0.25) is 0 Å². The van der Waals surface area contributed by atoms with Gasteiger partial charge in [-0.05, 0) is 24.6 Å². The molecule has 0 amide bonds. The van der Waals surface area contributed by atoms with E-state index >= 15 is 0 Å². The molecule has 0 spiro atoms. The highest BCUT2D eigenvalue weighted by atomic mass is 16.5. The van der Waals surface area contributed by atoms with E-state index < -0.39 is 0 Å². The maximum atomic E-state index is 11.3. The second-order valence-corrected chi connectivity index (χ2v) is 3.64. The second kappa shape index (κ2) is 4.66. The third kappa shape index (κ3) is 2.51. The average molecular weight is 215 g/mol. The van der Waals surface area contributed by atoms with E-state index in [4.69, 9.17) is 4.74 Å². The Morgan fingerprint density at radius 3 is 2.62 bits per heavy atom. The molecule has 1 N–H and O–H groups in total. The van der Waals surface area contributed by atoms with Gasteiger partial charge in [0.15, 0.2) is 5.75 Å². The van der Waals surface area contributed by atoms with E-state index in [1.807, 2.05) is 31.2 Å². The molecule has 3 heteroatoms. The molecule has 0 radical (unpaired) electrons. The standard InChI is InChI=1S/C13H13NO2/c1-10-4-6-11(7-5-10)9-16-12-3-2-8-14-13(12)15/h2-8H,9H2,1H3,(H,14,15). The molecule has 3 nitrogen and oxygen atoms in total. The van der Waals surface area contributed by atoms with Crippen LogP contribution in [0.3, 0.4) is 0 Å². The Balaban J connectivity index is 2.05. The number of hydrogen-bond acceptors (Lipinski definition) is 2. The van der Waals surface area contributed by atoms with Gasteiger partial charge >= 0.3 is 0 Å². The van der Waals surface area contributed by atoms with Crippen molar-refractivity contribution in [3.8, 4) is 5.75 Å². The summed E-state index contributed by atoms with van der Waals surface area (Å²) in [7, 11) is 0. The summed E-state index contributed by atoms with van der Waals surface area (Å²) in [6.07, 6.45) is 1.58. The highest BCUT2D eigenvalue weighted by Crippen LogP contribution is 2.07. The Hall–Kier alpha value is -2.03. The summed E-state index contributed by atoms with van der Waals surface area (Å²) in [4.78, 5) is 13.9. The summed E-state index contributed by atoms with van der Waals surface area (Å²) in [6, 6.07) is 11.4. The fourth-order valence-corrected chi connectivity index (χ4v) is 1.37. The van der Waals surface area contributed by atoms with Gasteiger partial charge < -0.3 is 9.72 Å². The molecular formula is C13H13NO2. The Morgan fingerprint density at radius 2 is 1.94 bits per heavy atom. The molecule has 0 bridgehead atoms. The zero-order valence-electron chi connectivity index (χ0n) is 9.07. The van der Waals surface area contributed by atoms with E-state index in [-0.39, 0.29) is 5.56 Å². The average Bonchev–Trinajstić information content (AvgIpc) is 2.30. The number of benzene rings is 1. The molecule has 0 atom stereocenters. The Labute approximate surface area is 93.7 Å². The van der Waals surface area contributed by atoms with Crippen molar-refractivity contribution in [2.75, 3.05) is 0 Å². The summed E-state index contributed by atoms with van der Waals surface area (Å²) in [5.41, 5.74) is 2.06. The lowest BCUT2D eigenvalue weighted by atomic mass is 10.2. The zero-order chi connectivity index (χ0) is 11.4. The van der Waals surface area contributed by atoms with E-state index in [1.54, 1.807) is 18.3 Å². The number of nitrogens with one attached hydrogen (secondary N) is 1. The van der Waals surface area contributed by atoms with E-state index in [0.29, 0.717) is 12.4 Å². The lowest BCUT2D eigenvalue weighted by Gasteiger charge is -2.05. The third-order valence-corrected chi connectivity index (χ3v) is 2.30. The fraction of sp³-hybridized carbons (Fsp3) is 0.154. The van der Waals surface area contributed by atoms with Crippen molar-refractivity contribution in [3.63, 3.8) is 0 Å². The van der Waals surface area contributed by atoms with Crippen LogP contribution in [0.15, 0.2) is 47.4 Å². The molecule has 0 aliphatic heterocycles. The minimum Gasteiger partial charge on any atom is -0.483 e. The van der Waals surface area contributed by atoms with E-state index in [0.717, 1.165) is 5.56 Å². The van der Waals surface area contributed by atoms with Crippen LogP contribution in [0.25, 0.3) is 0 Å². The number of aromatic amines is 1. The SMILES string of the molecule is Cc1ccc(COc2ccc[nH]c2=O)cc1. The predicted octanol–water partition coefficient (Wildman–Crippen LogP) is 2.26. The van der Waals surface area contributed by atoms with Gasteiger partial charge in [0.2, 0.25) is 0 Å². The first-order valence-electron chi connectivity index (χ1n) is 5.12. The maximum absolute atomic E-state index is 11.3. The minimum atomic E-state index is -0.199. The number of ether oxygens (including phenoxy) is 1. The van der Waals surface area contributed by atoms with E-state index in [2.05, 4.69) is 4.98 Å². The van der Waals surface area contributed by atoms with Crippen molar-refractivity contribution in [2.24, 2.45) is 0 Å². The van der Waals surface area contributed by atoms with Crippen molar-refractivity contribution in [1.82, 2.24) is 4.98 Å². The van der Waals surface area contributed by atoms with Gasteiger partial charge in [0.05, 0.1) is 0 Å². The molecule has 2 rings (SSSR count). The molecule has 1 aromatic carbocycles. The van der Waals surface area contributed by atoms with E-state index in [9.17, 15) is 4.79 Å². The minimum absolute atomic E-state index is 0.199. The van der Waals surface area contributed by atoms with Crippen LogP contribution >= 0.6 is 0 Å². The van der Waals surface area contributed by atoms with Crippen LogP contribution in [0.1, 0.15) is 11.1 Å². The van der Waals surface area contributed by atoms with Crippen LogP contribution in [0.4, 0.5) is 0 Å². The van der Waals surface area contributed by atoms with Crippen molar-refractivity contribution < 1.29 is 4.74 Å². The molecule has 1 heterocycles. The number of rotatable bonds is 3. The van der Waals surface area contributed by atoms with Crippen molar-refractivity contribution in [3.05, 3.63) is 64.1 Å². The summed E-state index contributed by atoms with van der Waals surface area (Å²) in [5, 5.41) is 0. The lowest BCUT2D eigenvalue weighted by Crippen LogP contribution is -2.09. The summed E-state index contributed by atoms with van der Waals surface area (Å²) >= 11 is 0. The molecule has 0 saturated heterocycles. The van der Waals surface area contributed by atoms with Gasteiger partial charge in [-0.1, -0.05) is 29.8 Å². The van der Waals surface area contributed by atoms with Crippen LogP contribution in [-0.4, -0.2) is 4.98 Å². The molecule has 1 aromatic heterocycles. The molecule has 0 unspecified atom stereocenters. The summed E-state index contributed by atoms with van der Waals surface area (Å²) in [6.45, 7) is 2.44. The topological polar surface area (TPSA) is 42.1 Å². The molecule has 0 aliphatic carbocycles. The molecule has 0 aliphatic rings. The summed E-state index contributed by atoms with van der Waals surface area (Å²) in [5.74, 6) is 0.350. The van der Waals surface area contributed by atoms with Crippen LogP contribution < -0.4 is 10.3 Å². The number of aromatic nitrogens is 1. The molecule has 82 valence electrons. The van der Waals surface area contributed by atoms with Gasteiger partial charge in [0.25, 0.3) is 5.56 Å². The number of hydrogen-bond donors (Lipinski definition) is 1. The van der Waals surface area contributed by atoms with Crippen LogP contribution in [0, 0.1) is 6.92 Å². The Kier molecular flexibility index (Phi) is 3.05. The van der Waals surface area contributed by atoms with Crippen LogP contribution in [-0.2, 0) is 6.61 Å². The quantitative estimate of drug-likeness (QED) is 0.853. The Morgan fingerprint density at radius 1 is 1.19 bits per heavy atom. The normalized spacial score (nSPS) is 10.1. The van der Waals surface area contributed by atoms with Gasteiger partial charge in [-0.15, -0.1) is 0 Å². The molecule has 2 aromatic rings.